The van der Waals surface area contributed by atoms with Crippen molar-refractivity contribution in [3.05, 3.63) is 76.0 Å². The normalized spacial score (nSPS) is 13.6. The summed E-state index contributed by atoms with van der Waals surface area (Å²) in [5.74, 6) is 0.569. The molecule has 4 aromatic rings. The second-order valence-corrected chi connectivity index (χ2v) is 10.5. The fraction of sp³-hybridized carbons (Fsp3) is 0.310. The number of anilines is 1. The van der Waals surface area contributed by atoms with Crippen LogP contribution in [0.15, 0.2) is 54.7 Å². The molecule has 0 spiro atoms. The van der Waals surface area contributed by atoms with Gasteiger partial charge in [-0.25, -0.2) is 9.37 Å². The third-order valence-corrected chi connectivity index (χ3v) is 8.45. The second kappa shape index (κ2) is 12.6. The lowest BCUT2D eigenvalue weighted by atomic mass is 9.93. The molecule has 0 bridgehead atoms. The molecule has 2 heterocycles. The van der Waals surface area contributed by atoms with Crippen LogP contribution in [0, 0.1) is 5.82 Å². The summed E-state index contributed by atoms with van der Waals surface area (Å²) in [4.78, 5) is 20.5. The third kappa shape index (κ3) is 5.77. The maximum Gasteiger partial charge on any atom is 0.266 e. The quantitative estimate of drug-likeness (QED) is 0.270. The van der Waals surface area contributed by atoms with E-state index in [0.29, 0.717) is 33.1 Å². The molecule has 1 aliphatic carbocycles. The van der Waals surface area contributed by atoms with Gasteiger partial charge in [0.1, 0.15) is 22.3 Å². The van der Waals surface area contributed by atoms with Crippen LogP contribution in [-0.4, -0.2) is 36.0 Å². The topological polar surface area (TPSA) is 94.5 Å². The van der Waals surface area contributed by atoms with Crippen LogP contribution < -0.4 is 16.2 Å². The van der Waals surface area contributed by atoms with Crippen LogP contribution in [-0.2, 0) is 6.54 Å². The number of halogens is 2. The van der Waals surface area contributed by atoms with E-state index < -0.39 is 5.82 Å². The highest BCUT2D eigenvalue weighted by atomic mass is 35.5. The van der Waals surface area contributed by atoms with Crippen LogP contribution in [0.2, 0.25) is 5.02 Å². The van der Waals surface area contributed by atoms with Crippen molar-refractivity contribution in [2.75, 3.05) is 19.9 Å². The number of amides is 1. The first kappa shape index (κ1) is 27.8. The Labute approximate surface area is 231 Å². The smallest absolute Gasteiger partial charge is 0.266 e. The van der Waals surface area contributed by atoms with Crippen LogP contribution in [0.5, 0.6) is 5.75 Å². The first-order chi connectivity index (χ1) is 18.5. The van der Waals surface area contributed by atoms with Gasteiger partial charge in [-0.05, 0) is 61.9 Å². The van der Waals surface area contributed by atoms with Crippen molar-refractivity contribution in [1.29, 1.82) is 0 Å². The van der Waals surface area contributed by atoms with Gasteiger partial charge in [-0.1, -0.05) is 43.0 Å². The average molecular weight is 555 g/mol. The Balaban J connectivity index is 0.00000164. The van der Waals surface area contributed by atoms with E-state index in [9.17, 15) is 9.18 Å². The maximum atomic E-state index is 14.5. The van der Waals surface area contributed by atoms with E-state index in [4.69, 9.17) is 22.1 Å². The molecule has 200 valence electrons. The Morgan fingerprint density at radius 3 is 2.53 bits per heavy atom. The van der Waals surface area contributed by atoms with Gasteiger partial charge in [-0.15, -0.1) is 11.3 Å². The summed E-state index contributed by atoms with van der Waals surface area (Å²) >= 11 is 7.85. The zero-order valence-corrected chi connectivity index (χ0v) is 23.1. The lowest BCUT2D eigenvalue weighted by Crippen LogP contribution is -2.40. The molecule has 4 N–H and O–H groups in total. The highest BCUT2D eigenvalue weighted by Gasteiger charge is 2.31. The summed E-state index contributed by atoms with van der Waals surface area (Å²) < 4.78 is 20.9. The Morgan fingerprint density at radius 1 is 1.13 bits per heavy atom. The van der Waals surface area contributed by atoms with Gasteiger partial charge < -0.3 is 21.1 Å². The number of methoxy groups -OCH3 is 1. The molecular weight excluding hydrogens is 523 g/mol. The Kier molecular flexibility index (Phi) is 9.20. The van der Waals surface area contributed by atoms with Crippen molar-refractivity contribution in [3.8, 4) is 16.9 Å². The molecule has 0 saturated heterocycles. The summed E-state index contributed by atoms with van der Waals surface area (Å²) in [7, 11) is 3.13. The molecule has 0 aliphatic heterocycles. The number of carbonyl (C=O) groups is 1. The number of nitrogens with zero attached hydrogens (tertiary/aromatic N) is 2. The van der Waals surface area contributed by atoms with Crippen molar-refractivity contribution in [3.63, 3.8) is 0 Å². The van der Waals surface area contributed by atoms with Gasteiger partial charge in [-0.2, -0.15) is 0 Å². The van der Waals surface area contributed by atoms with Crippen molar-refractivity contribution in [2.24, 2.45) is 5.73 Å². The minimum Gasteiger partial charge on any atom is -0.496 e. The van der Waals surface area contributed by atoms with E-state index in [1.54, 1.807) is 31.5 Å². The standard InChI is InChI=1S/C28H27ClFN3O2S.CH5N/c1-35-22-12-10-17(18-11-13-24(31)32-15-18)14-19(22)16-33(20-6-3-2-4-7-20)28(34)27-26(29)25-21(30)8-5-9-23(25)36-27;1-2/h5,8-15,20H,2-4,6-7,16H2,1H3,(H2,31,32);2H2,1H3. The number of pyridine rings is 1. The minimum atomic E-state index is -0.413. The molecule has 9 heteroatoms. The van der Waals surface area contributed by atoms with Crippen molar-refractivity contribution in [1.82, 2.24) is 9.88 Å². The number of fused-ring (bicyclic) bond motifs is 1. The molecule has 2 aromatic heterocycles. The molecule has 0 radical (unpaired) electrons. The molecule has 1 aliphatic rings. The number of ether oxygens (including phenoxy) is 1. The lowest BCUT2D eigenvalue weighted by Gasteiger charge is -2.34. The number of thiophene rings is 1. The van der Waals surface area contributed by atoms with Gasteiger partial charge in [0.05, 0.1) is 12.1 Å². The molecule has 0 atom stereocenters. The fourth-order valence-electron chi connectivity index (χ4n) is 4.94. The molecule has 5 rings (SSSR count). The summed E-state index contributed by atoms with van der Waals surface area (Å²) in [5.41, 5.74) is 13.0. The molecule has 1 amide bonds. The number of aromatic nitrogens is 1. The van der Waals surface area contributed by atoms with E-state index >= 15 is 0 Å². The van der Waals surface area contributed by atoms with E-state index in [-0.39, 0.29) is 17.0 Å². The number of carbonyl (C=O) groups excluding carboxylic acids is 1. The van der Waals surface area contributed by atoms with Gasteiger partial charge in [-0.3, -0.25) is 4.79 Å². The number of nitrogen functional groups attached to an aromatic ring is 1. The molecular formula is C29H32ClFN4O2S. The highest BCUT2D eigenvalue weighted by molar-refractivity contribution is 7.21. The predicted octanol–water partition coefficient (Wildman–Crippen LogP) is 6.90. The third-order valence-electron chi connectivity index (χ3n) is 6.82. The second-order valence-electron chi connectivity index (χ2n) is 9.08. The van der Waals surface area contributed by atoms with Crippen LogP contribution in [0.4, 0.5) is 10.2 Å². The predicted molar refractivity (Wildman–Crippen MR) is 154 cm³/mol. The largest absolute Gasteiger partial charge is 0.496 e. The highest BCUT2D eigenvalue weighted by Crippen LogP contribution is 2.39. The van der Waals surface area contributed by atoms with Gasteiger partial charge in [0.15, 0.2) is 0 Å². The number of hydrogen-bond donors (Lipinski definition) is 2. The molecule has 38 heavy (non-hydrogen) atoms. The van der Waals surface area contributed by atoms with Crippen LogP contribution in [0.3, 0.4) is 0 Å². The van der Waals surface area contributed by atoms with Gasteiger partial charge in [0, 0.05) is 40.0 Å². The summed E-state index contributed by atoms with van der Waals surface area (Å²) in [6.45, 7) is 0.357. The zero-order valence-electron chi connectivity index (χ0n) is 21.5. The van der Waals surface area contributed by atoms with E-state index in [1.807, 2.05) is 29.2 Å². The zero-order chi connectivity index (χ0) is 27.2. The van der Waals surface area contributed by atoms with Crippen LogP contribution in [0.1, 0.15) is 47.3 Å². The van der Waals surface area contributed by atoms with E-state index in [2.05, 4.69) is 10.7 Å². The maximum absolute atomic E-state index is 14.5. The van der Waals surface area contributed by atoms with E-state index in [1.165, 1.54) is 24.5 Å². The summed E-state index contributed by atoms with van der Waals surface area (Å²) in [5, 5.41) is 0.499. The Bertz CT molecular complexity index is 1400. The molecule has 0 unspecified atom stereocenters. The number of benzene rings is 2. The van der Waals surface area contributed by atoms with Gasteiger partial charge >= 0.3 is 0 Å². The first-order valence-corrected chi connectivity index (χ1v) is 13.8. The summed E-state index contributed by atoms with van der Waals surface area (Å²) in [6.07, 6.45) is 6.88. The van der Waals surface area contributed by atoms with Crippen molar-refractivity contribution in [2.45, 2.75) is 44.7 Å². The van der Waals surface area contributed by atoms with Crippen LogP contribution in [0.25, 0.3) is 21.2 Å². The summed E-state index contributed by atoms with van der Waals surface area (Å²) in [6, 6.07) is 14.5. The first-order valence-electron chi connectivity index (χ1n) is 12.6. The van der Waals surface area contributed by atoms with Crippen LogP contribution >= 0.6 is 22.9 Å². The molecule has 6 nitrogen and oxygen atoms in total. The SMILES string of the molecule is CN.COc1ccc(-c2ccc(N)nc2)cc1CN(C(=O)c1sc2cccc(F)c2c1Cl)C1CCCCC1. The van der Waals surface area contributed by atoms with Gasteiger partial charge in [0.2, 0.25) is 0 Å². The monoisotopic (exact) mass is 554 g/mol. The Hall–Kier alpha value is -3.20. The van der Waals surface area contributed by atoms with Gasteiger partial charge in [0.25, 0.3) is 5.91 Å². The molecule has 1 saturated carbocycles. The van der Waals surface area contributed by atoms with Crippen molar-refractivity contribution >= 4 is 44.7 Å². The number of nitrogens with two attached hydrogens (primary N) is 2. The number of rotatable bonds is 6. The minimum absolute atomic E-state index is 0.0731. The average Bonchev–Trinajstić information content (AvgIpc) is 3.30. The Morgan fingerprint density at radius 2 is 1.87 bits per heavy atom. The fourth-order valence-corrected chi connectivity index (χ4v) is 6.45. The van der Waals surface area contributed by atoms with Crippen molar-refractivity contribution < 1.29 is 13.9 Å². The molecule has 1 fully saturated rings. The number of hydrogen-bond acceptors (Lipinski definition) is 6. The lowest BCUT2D eigenvalue weighted by molar-refractivity contribution is 0.0618. The molecule has 2 aromatic carbocycles. The van der Waals surface area contributed by atoms with E-state index in [0.717, 1.165) is 48.8 Å².